The Morgan fingerprint density at radius 3 is 2.60 bits per heavy atom. The number of nitrogens with zero attached hydrogens (tertiary/aromatic N) is 2. The zero-order valence-electron chi connectivity index (χ0n) is 8.38. The topological polar surface area (TPSA) is 35.0 Å². The first-order valence-corrected chi connectivity index (χ1v) is 4.42. The van der Waals surface area contributed by atoms with Gasteiger partial charge in [0.25, 0.3) is 0 Å². The highest BCUT2D eigenvalue weighted by Crippen LogP contribution is 2.26. The van der Waals surface area contributed by atoms with Crippen LogP contribution in [0, 0.1) is 5.92 Å². The van der Waals surface area contributed by atoms with Gasteiger partial charge in [-0.2, -0.15) is 18.2 Å². The Hall–Kier alpha value is -1.33. The molecule has 0 aromatic carbocycles. The fourth-order valence-electron chi connectivity index (χ4n) is 0.811. The maximum absolute atomic E-state index is 12.2. The largest absolute Gasteiger partial charge is 0.477 e. The number of halogens is 3. The lowest BCUT2D eigenvalue weighted by Crippen LogP contribution is -2.12. The van der Waals surface area contributed by atoms with Crippen LogP contribution >= 0.6 is 0 Å². The number of hydrogen-bond donors (Lipinski definition) is 0. The van der Waals surface area contributed by atoms with Crippen molar-refractivity contribution in [3.8, 4) is 5.88 Å². The van der Waals surface area contributed by atoms with Crippen molar-refractivity contribution in [1.29, 1.82) is 0 Å². The quantitative estimate of drug-likeness (QED) is 0.785. The van der Waals surface area contributed by atoms with E-state index >= 15 is 0 Å². The minimum atomic E-state index is -4.53. The van der Waals surface area contributed by atoms with E-state index in [1.807, 2.05) is 13.8 Å². The summed E-state index contributed by atoms with van der Waals surface area (Å²) in [5.74, 6) is -0.996. The minimum absolute atomic E-state index is 0.0500. The molecule has 84 valence electrons. The second-order valence-electron chi connectivity index (χ2n) is 3.42. The van der Waals surface area contributed by atoms with Crippen LogP contribution in [0.2, 0.25) is 0 Å². The normalized spacial score (nSPS) is 11.9. The van der Waals surface area contributed by atoms with Crippen LogP contribution in [-0.2, 0) is 6.18 Å². The van der Waals surface area contributed by atoms with Crippen molar-refractivity contribution in [3.63, 3.8) is 0 Å². The Bertz CT molecular complexity index is 325. The van der Waals surface area contributed by atoms with E-state index in [0.29, 0.717) is 6.61 Å². The molecule has 0 saturated heterocycles. The van der Waals surface area contributed by atoms with E-state index < -0.39 is 12.0 Å². The van der Waals surface area contributed by atoms with Crippen molar-refractivity contribution in [3.05, 3.63) is 18.1 Å². The van der Waals surface area contributed by atoms with E-state index in [4.69, 9.17) is 4.74 Å². The van der Waals surface area contributed by atoms with Gasteiger partial charge in [-0.15, -0.1) is 0 Å². The van der Waals surface area contributed by atoms with Crippen LogP contribution < -0.4 is 4.74 Å². The van der Waals surface area contributed by atoms with Gasteiger partial charge in [0, 0.05) is 12.3 Å². The van der Waals surface area contributed by atoms with Gasteiger partial charge >= 0.3 is 6.18 Å². The van der Waals surface area contributed by atoms with Crippen LogP contribution in [0.4, 0.5) is 13.2 Å². The summed E-state index contributed by atoms with van der Waals surface area (Å²) in [6, 6.07) is 1.30. The molecule has 0 aliphatic carbocycles. The third kappa shape index (κ3) is 3.73. The molecule has 0 fully saturated rings. The summed E-state index contributed by atoms with van der Waals surface area (Å²) < 4.78 is 41.6. The lowest BCUT2D eigenvalue weighted by Gasteiger charge is -2.09. The van der Waals surface area contributed by atoms with Crippen LogP contribution in [0.25, 0.3) is 0 Å². The van der Waals surface area contributed by atoms with Gasteiger partial charge < -0.3 is 4.74 Å². The molecule has 0 saturated carbocycles. The molecule has 0 amide bonds. The summed E-state index contributed by atoms with van der Waals surface area (Å²) in [4.78, 5) is 6.38. The second kappa shape index (κ2) is 4.46. The highest BCUT2D eigenvalue weighted by atomic mass is 19.4. The molecule has 1 aromatic heterocycles. The van der Waals surface area contributed by atoms with Crippen LogP contribution in [0.3, 0.4) is 0 Å². The number of alkyl halides is 3. The molecule has 0 N–H and O–H groups in total. The summed E-state index contributed by atoms with van der Waals surface area (Å²) in [5, 5.41) is 0. The van der Waals surface area contributed by atoms with Gasteiger partial charge in [0.1, 0.15) is 0 Å². The van der Waals surface area contributed by atoms with Crippen molar-refractivity contribution >= 4 is 0 Å². The summed E-state index contributed by atoms with van der Waals surface area (Å²) in [5.41, 5.74) is 0. The molecule has 1 heterocycles. The molecular formula is C9H11F3N2O. The Labute approximate surface area is 85.3 Å². The first-order valence-electron chi connectivity index (χ1n) is 4.42. The Morgan fingerprint density at radius 2 is 2.07 bits per heavy atom. The molecule has 0 aliphatic rings. The third-order valence-corrected chi connectivity index (χ3v) is 1.45. The van der Waals surface area contributed by atoms with Gasteiger partial charge in [-0.05, 0) is 5.92 Å². The average Bonchev–Trinajstić information content (AvgIpc) is 2.14. The summed E-state index contributed by atoms with van der Waals surface area (Å²) >= 11 is 0. The molecule has 0 unspecified atom stereocenters. The fourth-order valence-corrected chi connectivity index (χ4v) is 0.811. The molecule has 1 rings (SSSR count). The lowest BCUT2D eigenvalue weighted by molar-refractivity contribution is -0.145. The number of ether oxygens (including phenoxy) is 1. The molecule has 15 heavy (non-hydrogen) atoms. The van der Waals surface area contributed by atoms with Crippen molar-refractivity contribution in [2.75, 3.05) is 6.61 Å². The summed E-state index contributed by atoms with van der Waals surface area (Å²) in [7, 11) is 0. The standard InChI is InChI=1S/C9H11F3N2O/c1-6(2)5-15-7-3-4-13-8(14-7)9(10,11)12/h3-4,6H,5H2,1-2H3. The summed E-state index contributed by atoms with van der Waals surface area (Å²) in [6.45, 7) is 4.12. The van der Waals surface area contributed by atoms with E-state index in [-0.39, 0.29) is 11.8 Å². The van der Waals surface area contributed by atoms with Crippen molar-refractivity contribution in [2.24, 2.45) is 5.92 Å². The lowest BCUT2D eigenvalue weighted by atomic mass is 10.2. The predicted molar refractivity (Wildman–Crippen MR) is 47.4 cm³/mol. The minimum Gasteiger partial charge on any atom is -0.477 e. The zero-order valence-corrected chi connectivity index (χ0v) is 8.38. The van der Waals surface area contributed by atoms with Crippen molar-refractivity contribution < 1.29 is 17.9 Å². The van der Waals surface area contributed by atoms with Crippen molar-refractivity contribution in [2.45, 2.75) is 20.0 Å². The van der Waals surface area contributed by atoms with Crippen LogP contribution in [0.1, 0.15) is 19.7 Å². The molecule has 1 aromatic rings. The monoisotopic (exact) mass is 220 g/mol. The molecule has 0 atom stereocenters. The van der Waals surface area contributed by atoms with E-state index in [2.05, 4.69) is 9.97 Å². The maximum atomic E-state index is 12.2. The molecule has 0 bridgehead atoms. The molecule has 0 aliphatic heterocycles. The van der Waals surface area contributed by atoms with Gasteiger partial charge in [0.05, 0.1) is 6.61 Å². The van der Waals surface area contributed by atoms with E-state index in [1.165, 1.54) is 6.07 Å². The molecule has 3 nitrogen and oxygen atoms in total. The van der Waals surface area contributed by atoms with E-state index in [0.717, 1.165) is 6.20 Å². The summed E-state index contributed by atoms with van der Waals surface area (Å²) in [6.07, 6.45) is -3.50. The smallest absolute Gasteiger partial charge is 0.451 e. The second-order valence-corrected chi connectivity index (χ2v) is 3.42. The highest BCUT2D eigenvalue weighted by molar-refractivity contribution is 5.09. The predicted octanol–water partition coefficient (Wildman–Crippen LogP) is 2.53. The third-order valence-electron chi connectivity index (χ3n) is 1.45. The number of aromatic nitrogens is 2. The number of rotatable bonds is 3. The van der Waals surface area contributed by atoms with E-state index in [9.17, 15) is 13.2 Å². The highest BCUT2D eigenvalue weighted by Gasteiger charge is 2.34. The zero-order chi connectivity index (χ0) is 11.5. The van der Waals surface area contributed by atoms with Gasteiger partial charge in [-0.3, -0.25) is 0 Å². The first kappa shape index (κ1) is 11.7. The Morgan fingerprint density at radius 1 is 1.40 bits per heavy atom. The van der Waals surface area contributed by atoms with Crippen LogP contribution in [-0.4, -0.2) is 16.6 Å². The first-order chi connectivity index (χ1) is 6.89. The van der Waals surface area contributed by atoms with Gasteiger partial charge in [-0.1, -0.05) is 13.8 Å². The van der Waals surface area contributed by atoms with E-state index in [1.54, 1.807) is 0 Å². The van der Waals surface area contributed by atoms with Gasteiger partial charge in [0.2, 0.25) is 11.7 Å². The number of hydrogen-bond acceptors (Lipinski definition) is 3. The maximum Gasteiger partial charge on any atom is 0.451 e. The van der Waals surface area contributed by atoms with Crippen molar-refractivity contribution in [1.82, 2.24) is 9.97 Å². The molecule has 0 radical (unpaired) electrons. The Balaban J connectivity index is 2.75. The van der Waals surface area contributed by atoms with Crippen LogP contribution in [0.15, 0.2) is 12.3 Å². The SMILES string of the molecule is CC(C)COc1ccnc(C(F)(F)F)n1. The fraction of sp³-hybridized carbons (Fsp3) is 0.556. The van der Waals surface area contributed by atoms with Gasteiger partial charge in [-0.25, -0.2) is 4.98 Å². The molecule has 0 spiro atoms. The molecular weight excluding hydrogens is 209 g/mol. The van der Waals surface area contributed by atoms with Crippen LogP contribution in [0.5, 0.6) is 5.88 Å². The average molecular weight is 220 g/mol. The Kier molecular flexibility index (Phi) is 3.49. The van der Waals surface area contributed by atoms with Gasteiger partial charge in [0.15, 0.2) is 0 Å². The molecule has 6 heteroatoms.